The van der Waals surface area contributed by atoms with Gasteiger partial charge in [-0.25, -0.2) is 9.59 Å². The molecule has 46 heavy (non-hydrogen) atoms. The summed E-state index contributed by atoms with van der Waals surface area (Å²) in [5, 5.41) is 0. The van der Waals surface area contributed by atoms with Crippen molar-refractivity contribution in [3.63, 3.8) is 0 Å². The average molecular weight is 630 g/mol. The lowest BCUT2D eigenvalue weighted by molar-refractivity contribution is 0.0716. The molecule has 3 aromatic carbocycles. The van der Waals surface area contributed by atoms with E-state index in [1.807, 2.05) is 49.4 Å². The van der Waals surface area contributed by atoms with Crippen LogP contribution in [0.4, 0.5) is 9.59 Å². The van der Waals surface area contributed by atoms with Crippen molar-refractivity contribution in [1.29, 1.82) is 0 Å². The van der Waals surface area contributed by atoms with Crippen molar-refractivity contribution in [2.24, 2.45) is 0 Å². The van der Waals surface area contributed by atoms with Gasteiger partial charge in [-0.3, -0.25) is 4.90 Å². The van der Waals surface area contributed by atoms with E-state index in [0.717, 1.165) is 53.2 Å². The topological polar surface area (TPSA) is 92.8 Å². The van der Waals surface area contributed by atoms with Crippen molar-refractivity contribution in [2.75, 3.05) is 26.2 Å². The molecule has 0 amide bonds. The summed E-state index contributed by atoms with van der Waals surface area (Å²) in [6.07, 6.45) is 1.24. The molecule has 0 N–H and O–H groups in total. The highest BCUT2D eigenvalue weighted by atomic mass is 16.7. The van der Waals surface area contributed by atoms with E-state index in [1.165, 1.54) is 19.3 Å². The lowest BCUT2D eigenvalue weighted by Crippen LogP contribution is -2.33. The molecule has 2 aliphatic heterocycles. The predicted octanol–water partition coefficient (Wildman–Crippen LogP) is 8.46. The number of fused-ring (bicyclic) bond motifs is 1. The summed E-state index contributed by atoms with van der Waals surface area (Å²) in [6, 6.07) is 20.5. The highest BCUT2D eigenvalue weighted by Gasteiger charge is 2.30. The number of likely N-dealkylation sites (tertiary alicyclic amines) is 1. The Morgan fingerprint density at radius 2 is 1.37 bits per heavy atom. The van der Waals surface area contributed by atoms with Gasteiger partial charge < -0.3 is 28.4 Å². The normalized spacial score (nSPS) is 16.5. The minimum absolute atomic E-state index is 0.280. The van der Waals surface area contributed by atoms with Gasteiger partial charge in [0.2, 0.25) is 0 Å². The van der Waals surface area contributed by atoms with Gasteiger partial charge in [0.15, 0.2) is 0 Å². The molecule has 1 saturated heterocycles. The van der Waals surface area contributed by atoms with Crippen LogP contribution in [0, 0.1) is 0 Å². The summed E-state index contributed by atoms with van der Waals surface area (Å²) in [4.78, 5) is 26.7. The molecule has 0 aromatic heterocycles. The van der Waals surface area contributed by atoms with Crippen LogP contribution in [0.1, 0.15) is 76.7 Å². The van der Waals surface area contributed by atoms with Gasteiger partial charge in [-0.05, 0) is 114 Å². The van der Waals surface area contributed by atoms with E-state index in [-0.39, 0.29) is 12.2 Å². The zero-order valence-corrected chi connectivity index (χ0v) is 27.2. The van der Waals surface area contributed by atoms with Crippen LogP contribution in [-0.2, 0) is 9.47 Å². The molecule has 0 unspecified atom stereocenters. The molecule has 5 rings (SSSR count). The molecule has 3 aromatic rings. The van der Waals surface area contributed by atoms with E-state index in [4.69, 9.17) is 28.4 Å². The fourth-order valence-electron chi connectivity index (χ4n) is 5.65. The molecule has 9 nitrogen and oxygen atoms in total. The SMILES string of the molecule is CC1=C(c2ccc(OC(=O)OC(C)C)cc2)[C@H](c2ccc(OCCN3CCCCC3)cc2)Oc2cc(OC(=O)OC(C)C)ccc21. The van der Waals surface area contributed by atoms with Crippen molar-refractivity contribution in [3.8, 4) is 23.0 Å². The number of hydrogen-bond acceptors (Lipinski definition) is 9. The molecule has 1 atom stereocenters. The fraction of sp³-hybridized carbons (Fsp3) is 0.405. The van der Waals surface area contributed by atoms with Crippen LogP contribution in [0.3, 0.4) is 0 Å². The van der Waals surface area contributed by atoms with Crippen LogP contribution in [0.15, 0.2) is 66.7 Å². The quantitative estimate of drug-likeness (QED) is 0.162. The summed E-state index contributed by atoms with van der Waals surface area (Å²) in [7, 11) is 0. The largest absolute Gasteiger partial charge is 0.514 e. The van der Waals surface area contributed by atoms with Gasteiger partial charge in [0.1, 0.15) is 35.7 Å². The average Bonchev–Trinajstić information content (AvgIpc) is 3.01. The second-order valence-electron chi connectivity index (χ2n) is 12.1. The first-order valence-corrected chi connectivity index (χ1v) is 16.0. The number of allylic oxidation sites excluding steroid dienone is 1. The maximum Gasteiger partial charge on any atom is 0.514 e. The number of benzene rings is 3. The lowest BCUT2D eigenvalue weighted by Gasteiger charge is -2.31. The van der Waals surface area contributed by atoms with Crippen molar-refractivity contribution >= 4 is 23.5 Å². The van der Waals surface area contributed by atoms with E-state index < -0.39 is 18.4 Å². The summed E-state index contributed by atoms with van der Waals surface area (Å²) < 4.78 is 33.7. The van der Waals surface area contributed by atoms with Gasteiger partial charge in [0, 0.05) is 23.7 Å². The maximum atomic E-state index is 12.2. The number of carbonyl (C=O) groups is 2. The highest BCUT2D eigenvalue weighted by molar-refractivity contribution is 5.95. The number of ether oxygens (including phenoxy) is 6. The third-order valence-corrected chi connectivity index (χ3v) is 7.81. The number of rotatable bonds is 10. The first-order chi connectivity index (χ1) is 22.2. The van der Waals surface area contributed by atoms with E-state index in [1.54, 1.807) is 52.0 Å². The van der Waals surface area contributed by atoms with Gasteiger partial charge in [0.05, 0.1) is 12.2 Å². The predicted molar refractivity (Wildman–Crippen MR) is 175 cm³/mol. The summed E-state index contributed by atoms with van der Waals surface area (Å²) >= 11 is 0. The molecule has 0 spiro atoms. The van der Waals surface area contributed by atoms with Crippen molar-refractivity contribution in [3.05, 3.63) is 83.4 Å². The Kier molecular flexibility index (Phi) is 10.9. The van der Waals surface area contributed by atoms with E-state index in [9.17, 15) is 9.59 Å². The Morgan fingerprint density at radius 3 is 2.00 bits per heavy atom. The standard InChI is InChI=1S/C37H43NO8/c1-24(2)42-36(39)44-30-15-9-27(10-16-30)34-26(5)32-18-17-31(45-37(40)43-25(3)4)23-33(32)46-35(34)28-11-13-29(14-12-28)41-22-21-38-19-7-6-8-20-38/h9-18,23-25,35H,6-8,19-22H2,1-5H3/t35-/m0/s1. The summed E-state index contributed by atoms with van der Waals surface area (Å²) in [6.45, 7) is 12.9. The van der Waals surface area contributed by atoms with E-state index >= 15 is 0 Å². The van der Waals surface area contributed by atoms with Crippen molar-refractivity contribution in [1.82, 2.24) is 4.90 Å². The Bertz CT molecular complexity index is 1520. The minimum Gasteiger partial charge on any atom is -0.492 e. The first-order valence-electron chi connectivity index (χ1n) is 16.0. The van der Waals surface area contributed by atoms with Gasteiger partial charge in [0.25, 0.3) is 0 Å². The Balaban J connectivity index is 1.40. The molecule has 2 heterocycles. The van der Waals surface area contributed by atoms with Crippen LogP contribution in [0.2, 0.25) is 0 Å². The first kappa shape index (κ1) is 32.9. The van der Waals surface area contributed by atoms with Gasteiger partial charge in [-0.1, -0.05) is 30.7 Å². The Morgan fingerprint density at radius 1 is 0.783 bits per heavy atom. The number of nitrogens with zero attached hydrogens (tertiary/aromatic N) is 1. The third kappa shape index (κ3) is 8.60. The van der Waals surface area contributed by atoms with Crippen LogP contribution >= 0.6 is 0 Å². The highest BCUT2D eigenvalue weighted by Crippen LogP contribution is 2.47. The van der Waals surface area contributed by atoms with Crippen LogP contribution in [-0.4, -0.2) is 55.7 Å². The van der Waals surface area contributed by atoms with Crippen LogP contribution in [0.5, 0.6) is 23.0 Å². The summed E-state index contributed by atoms with van der Waals surface area (Å²) in [5.41, 5.74) is 4.65. The molecular formula is C37H43NO8. The van der Waals surface area contributed by atoms with E-state index in [0.29, 0.717) is 23.9 Å². The van der Waals surface area contributed by atoms with Gasteiger partial charge in [-0.15, -0.1) is 0 Å². The van der Waals surface area contributed by atoms with Crippen molar-refractivity contribution < 1.29 is 38.0 Å². The Hall–Kier alpha value is -4.50. The molecular weight excluding hydrogens is 586 g/mol. The molecule has 244 valence electrons. The lowest BCUT2D eigenvalue weighted by atomic mass is 9.86. The third-order valence-electron chi connectivity index (χ3n) is 7.81. The molecule has 0 radical (unpaired) electrons. The van der Waals surface area contributed by atoms with Crippen molar-refractivity contribution in [2.45, 2.75) is 72.2 Å². The molecule has 9 heteroatoms. The zero-order chi connectivity index (χ0) is 32.6. The van der Waals surface area contributed by atoms with Crippen LogP contribution in [0.25, 0.3) is 11.1 Å². The summed E-state index contributed by atoms with van der Waals surface area (Å²) in [5.74, 6) is 2.08. The number of hydrogen-bond donors (Lipinski definition) is 0. The fourth-order valence-corrected chi connectivity index (χ4v) is 5.65. The van der Waals surface area contributed by atoms with Gasteiger partial charge in [-0.2, -0.15) is 0 Å². The minimum atomic E-state index is -0.772. The molecule has 2 aliphatic rings. The van der Waals surface area contributed by atoms with E-state index in [2.05, 4.69) is 4.90 Å². The van der Waals surface area contributed by atoms with Crippen LogP contribution < -0.4 is 18.9 Å². The zero-order valence-electron chi connectivity index (χ0n) is 27.2. The molecule has 0 bridgehead atoms. The second-order valence-corrected chi connectivity index (χ2v) is 12.1. The smallest absolute Gasteiger partial charge is 0.492 e. The molecule has 0 aliphatic carbocycles. The number of piperidine rings is 1. The number of carbonyl (C=O) groups excluding carboxylic acids is 2. The monoisotopic (exact) mass is 629 g/mol. The van der Waals surface area contributed by atoms with Gasteiger partial charge >= 0.3 is 12.3 Å². The second kappa shape index (κ2) is 15.2. The maximum absolute atomic E-state index is 12.2. The molecule has 0 saturated carbocycles. The molecule has 1 fully saturated rings. The Labute approximate surface area is 271 Å².